The van der Waals surface area contributed by atoms with Crippen LogP contribution in [0.5, 0.6) is 17.2 Å². The van der Waals surface area contributed by atoms with Gasteiger partial charge in [0.15, 0.2) is 16.6 Å². The van der Waals surface area contributed by atoms with Crippen molar-refractivity contribution in [2.45, 2.75) is 13.0 Å². The number of nitrogens with zero attached hydrogens (tertiary/aromatic N) is 2. The molecular formula is C23H23N3O5S2. The number of fused-ring (bicyclic) bond motifs is 1. The summed E-state index contributed by atoms with van der Waals surface area (Å²) in [5.74, 6) is 1.26. The zero-order valence-electron chi connectivity index (χ0n) is 18.4. The molecule has 0 saturated carbocycles. The molecule has 4 rings (SSSR count). The molecule has 0 saturated heterocycles. The Kier molecular flexibility index (Phi) is 6.95. The minimum absolute atomic E-state index is 0.105. The van der Waals surface area contributed by atoms with Gasteiger partial charge in [-0.1, -0.05) is 11.3 Å². The van der Waals surface area contributed by atoms with Gasteiger partial charge in [0.2, 0.25) is 11.7 Å². The molecule has 0 fully saturated rings. The lowest BCUT2D eigenvalue weighted by atomic mass is 10.1. The third-order valence-electron chi connectivity index (χ3n) is 5.15. The molecule has 2 amide bonds. The molecule has 8 nitrogen and oxygen atoms in total. The van der Waals surface area contributed by atoms with Crippen LogP contribution in [0.2, 0.25) is 0 Å². The molecule has 3 aromatic rings. The normalized spacial score (nSPS) is 13.0. The highest BCUT2D eigenvalue weighted by atomic mass is 32.1. The van der Waals surface area contributed by atoms with Crippen molar-refractivity contribution in [2.24, 2.45) is 0 Å². The zero-order chi connectivity index (χ0) is 23.4. The monoisotopic (exact) mass is 485 g/mol. The fraction of sp³-hybridized carbons (Fsp3) is 0.261. The van der Waals surface area contributed by atoms with Crippen LogP contribution in [0.25, 0.3) is 6.08 Å². The topological polar surface area (TPSA) is 90.0 Å². The van der Waals surface area contributed by atoms with Crippen LogP contribution >= 0.6 is 22.7 Å². The second-order valence-electron chi connectivity index (χ2n) is 7.16. The summed E-state index contributed by atoms with van der Waals surface area (Å²) in [4.78, 5) is 32.4. The van der Waals surface area contributed by atoms with E-state index in [2.05, 4.69) is 10.3 Å². The zero-order valence-corrected chi connectivity index (χ0v) is 20.0. The van der Waals surface area contributed by atoms with E-state index in [1.54, 1.807) is 55.9 Å². The Morgan fingerprint density at radius 2 is 1.91 bits per heavy atom. The molecule has 0 bridgehead atoms. The molecule has 1 N–H and O–H groups in total. The predicted molar refractivity (Wildman–Crippen MR) is 129 cm³/mol. The van der Waals surface area contributed by atoms with Gasteiger partial charge in [0, 0.05) is 29.3 Å². The number of aromatic nitrogens is 1. The molecule has 1 aliphatic rings. The van der Waals surface area contributed by atoms with E-state index in [1.165, 1.54) is 28.7 Å². The Hall–Kier alpha value is -3.37. The highest BCUT2D eigenvalue weighted by molar-refractivity contribution is 7.16. The van der Waals surface area contributed by atoms with Crippen molar-refractivity contribution in [1.29, 1.82) is 0 Å². The van der Waals surface area contributed by atoms with E-state index in [0.717, 1.165) is 16.1 Å². The quantitative estimate of drug-likeness (QED) is 0.507. The highest BCUT2D eigenvalue weighted by Gasteiger charge is 2.24. The molecule has 0 unspecified atom stereocenters. The number of hydrogen-bond donors (Lipinski definition) is 1. The number of carbonyl (C=O) groups is 2. The lowest BCUT2D eigenvalue weighted by Gasteiger charge is -2.24. The van der Waals surface area contributed by atoms with Crippen LogP contribution in [0.3, 0.4) is 0 Å². The van der Waals surface area contributed by atoms with Gasteiger partial charge in [-0.25, -0.2) is 4.98 Å². The Morgan fingerprint density at radius 1 is 1.15 bits per heavy atom. The first kappa shape index (κ1) is 22.8. The van der Waals surface area contributed by atoms with Crippen LogP contribution in [0.1, 0.15) is 26.5 Å². The number of hydrogen-bond acceptors (Lipinski definition) is 8. The maximum atomic E-state index is 12.8. The Balaban J connectivity index is 1.43. The summed E-state index contributed by atoms with van der Waals surface area (Å²) >= 11 is 2.88. The van der Waals surface area contributed by atoms with Crippen molar-refractivity contribution < 1.29 is 23.8 Å². The van der Waals surface area contributed by atoms with Gasteiger partial charge in [-0.3, -0.25) is 14.9 Å². The number of anilines is 1. The minimum Gasteiger partial charge on any atom is -0.493 e. The van der Waals surface area contributed by atoms with Crippen molar-refractivity contribution >= 4 is 45.7 Å². The molecule has 0 aliphatic carbocycles. The number of nitrogens with one attached hydrogen (secondary N) is 1. The van der Waals surface area contributed by atoms with Gasteiger partial charge in [0.1, 0.15) is 0 Å². The van der Waals surface area contributed by atoms with E-state index in [-0.39, 0.29) is 11.8 Å². The fourth-order valence-corrected chi connectivity index (χ4v) is 5.13. The van der Waals surface area contributed by atoms with Crippen LogP contribution in [0, 0.1) is 0 Å². The minimum atomic E-state index is -0.177. The number of carbonyl (C=O) groups excluding carboxylic acids is 2. The number of thiophene rings is 1. The lowest BCUT2D eigenvalue weighted by Crippen LogP contribution is -2.34. The van der Waals surface area contributed by atoms with E-state index in [0.29, 0.717) is 47.5 Å². The van der Waals surface area contributed by atoms with Gasteiger partial charge in [-0.05, 0) is 35.2 Å². The molecule has 172 valence electrons. The van der Waals surface area contributed by atoms with E-state index >= 15 is 0 Å². The number of ether oxygens (including phenoxy) is 3. The smallest absolute Gasteiger partial charge is 0.258 e. The van der Waals surface area contributed by atoms with E-state index in [4.69, 9.17) is 14.2 Å². The summed E-state index contributed by atoms with van der Waals surface area (Å²) in [5.41, 5.74) is 2.30. The Labute approximate surface area is 199 Å². The summed E-state index contributed by atoms with van der Waals surface area (Å²) < 4.78 is 16.1. The second-order valence-corrected chi connectivity index (χ2v) is 9.02. The molecule has 33 heavy (non-hydrogen) atoms. The van der Waals surface area contributed by atoms with Crippen LogP contribution < -0.4 is 19.5 Å². The van der Waals surface area contributed by atoms with Crippen molar-refractivity contribution in [2.75, 3.05) is 33.2 Å². The van der Waals surface area contributed by atoms with Crippen molar-refractivity contribution in [3.63, 3.8) is 0 Å². The molecule has 0 radical (unpaired) electrons. The number of methoxy groups -OCH3 is 3. The third kappa shape index (κ3) is 5.01. The summed E-state index contributed by atoms with van der Waals surface area (Å²) in [6.07, 6.45) is 3.90. The van der Waals surface area contributed by atoms with Crippen molar-refractivity contribution in [3.05, 3.63) is 56.7 Å². The third-order valence-corrected chi connectivity index (χ3v) is 6.83. The molecule has 10 heteroatoms. The van der Waals surface area contributed by atoms with Gasteiger partial charge in [-0.15, -0.1) is 0 Å². The predicted octanol–water partition coefficient (Wildman–Crippen LogP) is 4.08. The highest BCUT2D eigenvalue weighted by Crippen LogP contribution is 2.38. The molecule has 0 spiro atoms. The first-order valence-electron chi connectivity index (χ1n) is 10.1. The van der Waals surface area contributed by atoms with Crippen LogP contribution in [-0.2, 0) is 17.8 Å². The van der Waals surface area contributed by atoms with Gasteiger partial charge in [0.05, 0.1) is 39.1 Å². The molecular weight excluding hydrogens is 462 g/mol. The first-order valence-corrected chi connectivity index (χ1v) is 11.9. The standard InChI is InChI=1S/C23H23N3O5S2/c1-29-17-10-14(11-18(30-2)21(17)31-3)4-5-20(27)26-8-6-16-19(12-26)33-23(24-16)25-22(28)15-7-9-32-13-15/h4-5,7,9-11,13H,6,8,12H2,1-3H3,(H,24,25,28)/b5-4+. The summed E-state index contributed by atoms with van der Waals surface area (Å²) in [6, 6.07) is 5.34. The maximum Gasteiger partial charge on any atom is 0.258 e. The van der Waals surface area contributed by atoms with Crippen LogP contribution in [0.15, 0.2) is 35.0 Å². The lowest BCUT2D eigenvalue weighted by molar-refractivity contribution is -0.126. The van der Waals surface area contributed by atoms with E-state index in [1.807, 2.05) is 5.38 Å². The van der Waals surface area contributed by atoms with Crippen molar-refractivity contribution in [1.82, 2.24) is 9.88 Å². The summed E-state index contributed by atoms with van der Waals surface area (Å²) in [7, 11) is 4.64. The molecule has 1 aliphatic heterocycles. The van der Waals surface area contributed by atoms with Gasteiger partial charge < -0.3 is 19.1 Å². The molecule has 3 heterocycles. The van der Waals surface area contributed by atoms with Gasteiger partial charge in [-0.2, -0.15) is 11.3 Å². The fourth-order valence-electron chi connectivity index (χ4n) is 3.47. The van der Waals surface area contributed by atoms with E-state index in [9.17, 15) is 9.59 Å². The SMILES string of the molecule is COc1cc(/C=C/C(=O)N2CCc3nc(NC(=O)c4ccsc4)sc3C2)cc(OC)c1OC. The maximum absolute atomic E-state index is 12.8. The molecule has 2 aromatic heterocycles. The number of amides is 2. The first-order chi connectivity index (χ1) is 16.0. The number of benzene rings is 1. The van der Waals surface area contributed by atoms with Crippen molar-refractivity contribution in [3.8, 4) is 17.2 Å². The van der Waals surface area contributed by atoms with Crippen LogP contribution in [0.4, 0.5) is 5.13 Å². The average molecular weight is 486 g/mol. The van der Waals surface area contributed by atoms with E-state index < -0.39 is 0 Å². The number of thiazole rings is 1. The average Bonchev–Trinajstić information content (AvgIpc) is 3.51. The van der Waals surface area contributed by atoms with Gasteiger partial charge in [0.25, 0.3) is 5.91 Å². The van der Waals surface area contributed by atoms with Gasteiger partial charge >= 0.3 is 0 Å². The summed E-state index contributed by atoms with van der Waals surface area (Å²) in [6.45, 7) is 1.02. The Bertz CT molecular complexity index is 1160. The second kappa shape index (κ2) is 10.1. The summed E-state index contributed by atoms with van der Waals surface area (Å²) in [5, 5.41) is 7.05. The Morgan fingerprint density at radius 3 is 2.55 bits per heavy atom. The van der Waals surface area contributed by atoms with Crippen LogP contribution in [-0.4, -0.2) is 49.6 Å². The molecule has 0 atom stereocenters. The molecule has 1 aromatic carbocycles. The number of rotatable bonds is 7. The largest absolute Gasteiger partial charge is 0.493 e.